The second-order valence-electron chi connectivity index (χ2n) is 5.01. The maximum Gasteiger partial charge on any atom is 0.391 e. The molecule has 0 aromatic carbocycles. The quantitative estimate of drug-likeness (QED) is 0.357. The lowest BCUT2D eigenvalue weighted by molar-refractivity contribution is 0.100. The molecule has 7 heteroatoms. The van der Waals surface area contributed by atoms with E-state index in [1.54, 1.807) is 27.1 Å². The number of carbonyl (C=O) groups excluding carboxylic acids is 1. The van der Waals surface area contributed by atoms with Gasteiger partial charge in [-0.2, -0.15) is 0 Å². The van der Waals surface area contributed by atoms with Gasteiger partial charge in [0, 0.05) is 26.1 Å². The van der Waals surface area contributed by atoms with Crippen molar-refractivity contribution < 1.29 is 23.6 Å². The van der Waals surface area contributed by atoms with E-state index in [-0.39, 0.29) is 11.3 Å². The van der Waals surface area contributed by atoms with Gasteiger partial charge in [-0.3, -0.25) is 9.36 Å². The first-order valence-electron chi connectivity index (χ1n) is 7.25. The molecule has 2 N–H and O–H groups in total. The molecule has 1 heterocycles. The smallest absolute Gasteiger partial charge is 0.391 e. The first kappa shape index (κ1) is 21.4. The van der Waals surface area contributed by atoms with Crippen LogP contribution in [0, 0.1) is 0 Å². The van der Waals surface area contributed by atoms with Gasteiger partial charge in [0.25, 0.3) is 0 Å². The fraction of sp³-hybridized carbons (Fsp3) is 0.438. The van der Waals surface area contributed by atoms with E-state index in [1.165, 1.54) is 4.90 Å². The van der Waals surface area contributed by atoms with Crippen LogP contribution >= 0.6 is 7.60 Å². The summed E-state index contributed by atoms with van der Waals surface area (Å²) >= 11 is 0. The van der Waals surface area contributed by atoms with Gasteiger partial charge in [0.05, 0.1) is 11.3 Å². The molecule has 1 aromatic rings. The third-order valence-electron chi connectivity index (χ3n) is 3.04. The second kappa shape index (κ2) is 8.87. The molecule has 0 fully saturated rings. The van der Waals surface area contributed by atoms with Crippen molar-refractivity contribution in [3.05, 3.63) is 41.8 Å². The van der Waals surface area contributed by atoms with Gasteiger partial charge in [-0.1, -0.05) is 26.5 Å². The zero-order valence-corrected chi connectivity index (χ0v) is 15.3. The molecular weight excluding hydrogens is 317 g/mol. The Labute approximate surface area is 137 Å². The monoisotopic (exact) mass is 343 g/mol. The summed E-state index contributed by atoms with van der Waals surface area (Å²) in [5.74, 6) is -0.0886. The molecule has 130 valence electrons. The Morgan fingerprint density at radius 1 is 1.30 bits per heavy atom. The van der Waals surface area contributed by atoms with Gasteiger partial charge >= 0.3 is 7.60 Å². The van der Waals surface area contributed by atoms with E-state index < -0.39 is 18.9 Å². The van der Waals surface area contributed by atoms with Crippen LogP contribution in [0.2, 0.25) is 0 Å². The molecular formula is C16H26NO5P. The largest absolute Gasteiger partial charge is 0.452 e. The summed E-state index contributed by atoms with van der Waals surface area (Å²) in [7, 11) is -1.37. The summed E-state index contributed by atoms with van der Waals surface area (Å²) in [5, 5.41) is 0. The fourth-order valence-corrected chi connectivity index (χ4v) is 2.70. The van der Waals surface area contributed by atoms with Crippen LogP contribution in [0.5, 0.6) is 0 Å². The Hall–Kier alpha value is -1.62. The van der Waals surface area contributed by atoms with Crippen LogP contribution < -0.4 is 5.50 Å². The summed E-state index contributed by atoms with van der Waals surface area (Å²) in [6.07, 6.45) is 2.66. The minimum Gasteiger partial charge on any atom is -0.452 e. The molecule has 0 saturated carbocycles. The third-order valence-corrected chi connectivity index (χ3v) is 3.88. The lowest BCUT2D eigenvalue weighted by Crippen LogP contribution is -2.23. The Bertz CT molecular complexity index is 625. The van der Waals surface area contributed by atoms with Crippen molar-refractivity contribution in [3.63, 3.8) is 0 Å². The van der Waals surface area contributed by atoms with Crippen molar-refractivity contribution in [2.75, 3.05) is 14.1 Å². The van der Waals surface area contributed by atoms with Gasteiger partial charge in [-0.05, 0) is 13.3 Å². The van der Waals surface area contributed by atoms with E-state index in [0.717, 1.165) is 0 Å². The minimum absolute atomic E-state index is 0.0450. The summed E-state index contributed by atoms with van der Waals surface area (Å²) < 4.78 is 16.8. The average molecular weight is 343 g/mol. The first-order chi connectivity index (χ1) is 10.6. The summed E-state index contributed by atoms with van der Waals surface area (Å²) in [5.41, 5.74) is 0.0901. The summed E-state index contributed by atoms with van der Waals surface area (Å²) in [6, 6.07) is 0. The molecule has 0 aliphatic carbocycles. The predicted octanol–water partition coefficient (Wildman–Crippen LogP) is 2.66. The molecule has 6 nitrogen and oxygen atoms in total. The van der Waals surface area contributed by atoms with Crippen LogP contribution in [0.1, 0.15) is 42.5 Å². The number of hydrogen-bond acceptors (Lipinski definition) is 4. The Morgan fingerprint density at radius 3 is 2.09 bits per heavy atom. The number of nitrogens with zero attached hydrogens (tertiary/aromatic N) is 1. The first-order valence-corrected chi connectivity index (χ1v) is 8.86. The molecule has 0 aliphatic rings. The standard InChI is InChI=1S/C13H20NO5P.C3H6/c1-6-9-10(7-2)19-13(20(16,17)18)11(9)12(15)8(3)14(4)5;1-3-2/h3,6-7H2,1-2,4-5H3,(H2,16,17,18);3H,1H2,2H3. The van der Waals surface area contributed by atoms with Crippen LogP contribution in [0.25, 0.3) is 0 Å². The highest BCUT2D eigenvalue weighted by Gasteiger charge is 2.35. The number of rotatable bonds is 6. The van der Waals surface area contributed by atoms with Gasteiger partial charge < -0.3 is 19.1 Å². The van der Waals surface area contributed by atoms with Crippen LogP contribution in [0.4, 0.5) is 0 Å². The Morgan fingerprint density at radius 2 is 1.78 bits per heavy atom. The molecule has 0 unspecified atom stereocenters. The van der Waals surface area contributed by atoms with Gasteiger partial charge in [0.1, 0.15) is 5.76 Å². The molecule has 1 aromatic heterocycles. The number of ketones is 1. The molecule has 0 amide bonds. The van der Waals surface area contributed by atoms with Gasteiger partial charge in [-0.25, -0.2) is 0 Å². The highest BCUT2D eigenvalue weighted by atomic mass is 31.2. The van der Waals surface area contributed by atoms with E-state index in [1.807, 2.05) is 13.8 Å². The number of aryl methyl sites for hydroxylation is 1. The van der Waals surface area contributed by atoms with Crippen molar-refractivity contribution in [1.82, 2.24) is 4.90 Å². The topological polar surface area (TPSA) is 91.0 Å². The highest BCUT2D eigenvalue weighted by Crippen LogP contribution is 2.38. The van der Waals surface area contributed by atoms with E-state index in [9.17, 15) is 19.1 Å². The maximum atomic E-state index is 12.4. The molecule has 0 bridgehead atoms. The van der Waals surface area contributed by atoms with Crippen molar-refractivity contribution in [1.29, 1.82) is 0 Å². The van der Waals surface area contributed by atoms with E-state index >= 15 is 0 Å². The third kappa shape index (κ3) is 5.20. The second-order valence-corrected chi connectivity index (χ2v) is 6.51. The van der Waals surface area contributed by atoms with Crippen molar-refractivity contribution >= 4 is 18.9 Å². The van der Waals surface area contributed by atoms with Gasteiger partial charge in [0.2, 0.25) is 11.3 Å². The van der Waals surface area contributed by atoms with Crippen molar-refractivity contribution in [3.8, 4) is 0 Å². The van der Waals surface area contributed by atoms with E-state index in [0.29, 0.717) is 24.2 Å². The summed E-state index contributed by atoms with van der Waals surface area (Å²) in [6.45, 7) is 12.5. The van der Waals surface area contributed by atoms with Gasteiger partial charge in [0.15, 0.2) is 0 Å². The molecule has 0 radical (unpaired) electrons. The SMILES string of the molecule is C=C(C(=O)c1c(P(=O)(O)O)oc(CC)c1CC)N(C)C.C=CC. The number of allylic oxidation sites excluding steroid dienone is 2. The lowest BCUT2D eigenvalue weighted by atomic mass is 10.0. The Kier molecular flexibility index (Phi) is 8.24. The molecule has 0 saturated heterocycles. The maximum absolute atomic E-state index is 12.4. The lowest BCUT2D eigenvalue weighted by Gasteiger charge is -2.15. The van der Waals surface area contributed by atoms with Crippen LogP contribution in [-0.2, 0) is 17.4 Å². The number of furan rings is 1. The van der Waals surface area contributed by atoms with Crippen LogP contribution in [0.3, 0.4) is 0 Å². The zero-order chi connectivity index (χ0) is 18.4. The van der Waals surface area contributed by atoms with E-state index in [2.05, 4.69) is 13.2 Å². The number of carbonyl (C=O) groups is 1. The molecule has 23 heavy (non-hydrogen) atoms. The van der Waals surface area contributed by atoms with Crippen LogP contribution in [-0.4, -0.2) is 34.6 Å². The molecule has 0 atom stereocenters. The normalized spacial score (nSPS) is 10.6. The minimum atomic E-state index is -4.66. The van der Waals surface area contributed by atoms with E-state index in [4.69, 9.17) is 4.42 Å². The predicted molar refractivity (Wildman–Crippen MR) is 92.2 cm³/mol. The highest BCUT2D eigenvalue weighted by molar-refractivity contribution is 7.60. The summed E-state index contributed by atoms with van der Waals surface area (Å²) in [4.78, 5) is 32.7. The fourth-order valence-electron chi connectivity index (χ4n) is 1.94. The molecule has 0 spiro atoms. The molecule has 0 aliphatic heterocycles. The molecule has 1 rings (SSSR count). The van der Waals surface area contributed by atoms with Crippen molar-refractivity contribution in [2.45, 2.75) is 33.6 Å². The number of likely N-dealkylation sites (N-methyl/N-ethyl adjacent to an activating group) is 1. The zero-order valence-electron chi connectivity index (χ0n) is 14.4. The Balaban J connectivity index is 0.00000149. The number of Topliss-reactive ketones (excluding diaryl/α,β-unsaturated/α-hetero) is 1. The van der Waals surface area contributed by atoms with Gasteiger partial charge in [-0.15, -0.1) is 6.58 Å². The average Bonchev–Trinajstić information content (AvgIpc) is 2.84. The van der Waals surface area contributed by atoms with Crippen LogP contribution in [0.15, 0.2) is 29.3 Å². The number of hydrogen-bond donors (Lipinski definition) is 2. The van der Waals surface area contributed by atoms with Crippen molar-refractivity contribution in [2.24, 2.45) is 0 Å².